The highest BCUT2D eigenvalue weighted by atomic mass is 32.2. The van der Waals surface area contributed by atoms with Crippen LogP contribution in [0, 0.1) is 0 Å². The lowest BCUT2D eigenvalue weighted by atomic mass is 10.5. The van der Waals surface area contributed by atoms with Crippen LogP contribution >= 0.6 is 11.8 Å². The summed E-state index contributed by atoms with van der Waals surface area (Å²) in [5, 5.41) is 11.3. The van der Waals surface area contributed by atoms with Gasteiger partial charge in [-0.05, 0) is 17.5 Å². The number of pyridine rings is 1. The van der Waals surface area contributed by atoms with Gasteiger partial charge in [0.25, 0.3) is 0 Å². The van der Waals surface area contributed by atoms with Gasteiger partial charge in [0.15, 0.2) is 0 Å². The minimum absolute atomic E-state index is 0.201. The first kappa shape index (κ1) is 7.15. The summed E-state index contributed by atoms with van der Waals surface area (Å²) in [6, 6.07) is 3.28. The van der Waals surface area contributed by atoms with Gasteiger partial charge in [0.1, 0.15) is 10.8 Å². The molecule has 0 radical (unpaired) electrons. The van der Waals surface area contributed by atoms with Crippen LogP contribution in [-0.2, 0) is 0 Å². The van der Waals surface area contributed by atoms with Gasteiger partial charge in [-0.1, -0.05) is 18.3 Å². The van der Waals surface area contributed by atoms with Gasteiger partial charge in [-0.3, -0.25) is 0 Å². The van der Waals surface area contributed by atoms with E-state index in [0.29, 0.717) is 5.03 Å². The van der Waals surface area contributed by atoms with Crippen molar-refractivity contribution in [1.29, 1.82) is 0 Å². The molecular weight excluding hydrogens is 146 g/mol. The van der Waals surface area contributed by atoms with Crippen LogP contribution in [0.3, 0.4) is 0 Å². The Bertz CT molecular complexity index is 237. The largest absolute Gasteiger partial charge is 0.505 e. The number of hydrogen-bond acceptors (Lipinski definition) is 3. The zero-order valence-corrected chi connectivity index (χ0v) is 6.14. The molecular formula is C7H7NOS. The monoisotopic (exact) mass is 153 g/mol. The molecule has 2 nitrogen and oxygen atoms in total. The summed E-state index contributed by atoms with van der Waals surface area (Å²) in [4.78, 5) is 3.91. The minimum atomic E-state index is 0.201. The van der Waals surface area contributed by atoms with Crippen LogP contribution in [0.5, 0.6) is 5.75 Å². The molecule has 0 amide bonds. The summed E-state index contributed by atoms with van der Waals surface area (Å²) in [7, 11) is 0. The Morgan fingerprint density at radius 2 is 2.50 bits per heavy atom. The molecule has 0 unspecified atom stereocenters. The number of hydrogen-bond donors (Lipinski definition) is 1. The Morgan fingerprint density at radius 3 is 3.10 bits per heavy atom. The highest BCUT2D eigenvalue weighted by molar-refractivity contribution is 8.02. The van der Waals surface area contributed by atoms with Crippen molar-refractivity contribution in [2.75, 3.05) is 0 Å². The minimum Gasteiger partial charge on any atom is -0.505 e. The second-order valence-electron chi connectivity index (χ2n) is 1.61. The predicted molar refractivity (Wildman–Crippen MR) is 42.0 cm³/mol. The quantitative estimate of drug-likeness (QED) is 0.660. The van der Waals surface area contributed by atoms with Crippen molar-refractivity contribution < 1.29 is 5.11 Å². The summed E-state index contributed by atoms with van der Waals surface area (Å²) in [5.41, 5.74) is 0. The topological polar surface area (TPSA) is 33.1 Å². The maximum absolute atomic E-state index is 9.11. The van der Waals surface area contributed by atoms with E-state index in [1.165, 1.54) is 11.8 Å². The molecule has 0 spiro atoms. The second-order valence-corrected chi connectivity index (χ2v) is 2.57. The average molecular weight is 153 g/mol. The van der Waals surface area contributed by atoms with E-state index in [-0.39, 0.29) is 5.75 Å². The predicted octanol–water partition coefficient (Wildman–Crippen LogP) is 2.02. The lowest BCUT2D eigenvalue weighted by Gasteiger charge is -1.95. The van der Waals surface area contributed by atoms with E-state index >= 15 is 0 Å². The molecule has 52 valence electrons. The standard InChI is InChI=1S/C7H7NOS/c1-2-10-7-6(9)4-3-5-8-7/h2-5,9H,1H2. The fourth-order valence-electron chi connectivity index (χ4n) is 0.552. The van der Waals surface area contributed by atoms with Crippen molar-refractivity contribution in [3.63, 3.8) is 0 Å². The summed E-state index contributed by atoms with van der Waals surface area (Å²) in [5.74, 6) is 0.201. The van der Waals surface area contributed by atoms with Crippen molar-refractivity contribution >= 4 is 11.8 Å². The van der Waals surface area contributed by atoms with E-state index in [4.69, 9.17) is 5.11 Å². The molecule has 0 bridgehead atoms. The first-order valence-electron chi connectivity index (χ1n) is 2.76. The van der Waals surface area contributed by atoms with Crippen LogP contribution in [-0.4, -0.2) is 10.1 Å². The molecule has 0 atom stereocenters. The van der Waals surface area contributed by atoms with Gasteiger partial charge < -0.3 is 5.11 Å². The molecule has 1 heterocycles. The number of aromatic hydroxyl groups is 1. The van der Waals surface area contributed by atoms with E-state index in [2.05, 4.69) is 11.6 Å². The molecule has 1 N–H and O–H groups in total. The molecule has 0 saturated heterocycles. The van der Waals surface area contributed by atoms with E-state index in [1.54, 1.807) is 23.7 Å². The first-order valence-corrected chi connectivity index (χ1v) is 3.64. The lowest BCUT2D eigenvalue weighted by Crippen LogP contribution is -1.75. The highest BCUT2D eigenvalue weighted by Gasteiger charge is 1.96. The Morgan fingerprint density at radius 1 is 1.70 bits per heavy atom. The van der Waals surface area contributed by atoms with Gasteiger partial charge in [-0.2, -0.15) is 0 Å². The van der Waals surface area contributed by atoms with E-state index in [9.17, 15) is 0 Å². The summed E-state index contributed by atoms with van der Waals surface area (Å²) < 4.78 is 0. The Kier molecular flexibility index (Phi) is 2.34. The number of aromatic nitrogens is 1. The molecule has 1 rings (SSSR count). The highest BCUT2D eigenvalue weighted by Crippen LogP contribution is 2.24. The molecule has 3 heteroatoms. The fourth-order valence-corrected chi connectivity index (χ4v) is 1.02. The smallest absolute Gasteiger partial charge is 0.148 e. The SMILES string of the molecule is C=CSc1ncccc1O. The van der Waals surface area contributed by atoms with Crippen molar-refractivity contribution in [3.05, 3.63) is 30.3 Å². The van der Waals surface area contributed by atoms with Crippen LogP contribution in [0.4, 0.5) is 0 Å². The molecule has 0 fully saturated rings. The van der Waals surface area contributed by atoms with Gasteiger partial charge in [0.05, 0.1) is 0 Å². The molecule has 0 aliphatic heterocycles. The van der Waals surface area contributed by atoms with E-state index in [0.717, 1.165) is 0 Å². The van der Waals surface area contributed by atoms with E-state index < -0.39 is 0 Å². The summed E-state index contributed by atoms with van der Waals surface area (Å²) in [6.45, 7) is 3.51. The zero-order valence-electron chi connectivity index (χ0n) is 5.32. The van der Waals surface area contributed by atoms with Crippen LogP contribution in [0.2, 0.25) is 0 Å². The molecule has 0 saturated carbocycles. The Labute approximate surface area is 63.6 Å². The van der Waals surface area contributed by atoms with Crippen molar-refractivity contribution in [2.45, 2.75) is 5.03 Å². The van der Waals surface area contributed by atoms with Gasteiger partial charge in [-0.15, -0.1) is 0 Å². The summed E-state index contributed by atoms with van der Waals surface area (Å²) >= 11 is 1.30. The number of nitrogens with zero attached hydrogens (tertiary/aromatic N) is 1. The van der Waals surface area contributed by atoms with Crippen LogP contribution in [0.1, 0.15) is 0 Å². The van der Waals surface area contributed by atoms with Crippen LogP contribution in [0.25, 0.3) is 0 Å². The first-order chi connectivity index (χ1) is 4.84. The maximum atomic E-state index is 9.11. The second kappa shape index (κ2) is 3.27. The van der Waals surface area contributed by atoms with Crippen molar-refractivity contribution in [3.8, 4) is 5.75 Å². The molecule has 10 heavy (non-hydrogen) atoms. The fraction of sp³-hybridized carbons (Fsp3) is 0. The Balaban J connectivity index is 2.91. The number of rotatable bonds is 2. The summed E-state index contributed by atoms with van der Waals surface area (Å²) in [6.07, 6.45) is 1.63. The van der Waals surface area contributed by atoms with Crippen LogP contribution < -0.4 is 0 Å². The lowest BCUT2D eigenvalue weighted by molar-refractivity contribution is 0.457. The molecule has 1 aromatic rings. The van der Waals surface area contributed by atoms with Gasteiger partial charge in [-0.25, -0.2) is 4.98 Å². The Hall–Kier alpha value is -0.960. The van der Waals surface area contributed by atoms with Gasteiger partial charge in [0, 0.05) is 6.20 Å². The van der Waals surface area contributed by atoms with Crippen molar-refractivity contribution in [1.82, 2.24) is 4.98 Å². The maximum Gasteiger partial charge on any atom is 0.148 e. The third kappa shape index (κ3) is 1.51. The average Bonchev–Trinajstić information content (AvgIpc) is 1.94. The number of thioether (sulfide) groups is 1. The normalized spacial score (nSPS) is 9.20. The van der Waals surface area contributed by atoms with Gasteiger partial charge >= 0.3 is 0 Å². The molecule has 0 aromatic carbocycles. The zero-order chi connectivity index (χ0) is 7.40. The third-order valence-electron chi connectivity index (χ3n) is 0.946. The van der Waals surface area contributed by atoms with Gasteiger partial charge in [0.2, 0.25) is 0 Å². The third-order valence-corrected chi connectivity index (χ3v) is 1.65. The van der Waals surface area contributed by atoms with Crippen molar-refractivity contribution in [2.24, 2.45) is 0 Å². The molecule has 0 aliphatic rings. The van der Waals surface area contributed by atoms with Crippen LogP contribution in [0.15, 0.2) is 35.3 Å². The molecule has 1 aromatic heterocycles. The molecule has 0 aliphatic carbocycles. The van der Waals surface area contributed by atoms with E-state index in [1.807, 2.05) is 0 Å².